The van der Waals surface area contributed by atoms with Crippen LogP contribution in [-0.2, 0) is 32.2 Å². The second kappa shape index (κ2) is 11.1. The summed E-state index contributed by atoms with van der Waals surface area (Å²) in [6, 6.07) is 2.18. The smallest absolute Gasteiger partial charge is 0.416 e. The molecule has 0 saturated heterocycles. The van der Waals surface area contributed by atoms with E-state index in [4.69, 9.17) is 18.9 Å². The third-order valence-corrected chi connectivity index (χ3v) is 6.68. The zero-order valence-corrected chi connectivity index (χ0v) is 22.1. The van der Waals surface area contributed by atoms with Crippen LogP contribution in [0.4, 0.5) is 36.8 Å². The second-order valence-corrected chi connectivity index (χ2v) is 9.02. The molecule has 0 saturated carbocycles. The summed E-state index contributed by atoms with van der Waals surface area (Å²) in [5, 5.41) is 11.9. The zero-order valence-electron chi connectivity index (χ0n) is 22.1. The van der Waals surface area contributed by atoms with Crippen molar-refractivity contribution >= 4 is 17.7 Å². The molecule has 1 heterocycles. The molecule has 40 heavy (non-hydrogen) atoms. The van der Waals surface area contributed by atoms with Gasteiger partial charge < -0.3 is 24.1 Å². The first-order valence-corrected chi connectivity index (χ1v) is 11.9. The van der Waals surface area contributed by atoms with Crippen molar-refractivity contribution < 1.29 is 60.0 Å². The van der Waals surface area contributed by atoms with Crippen LogP contribution in [0.15, 0.2) is 30.3 Å². The number of carbonyl (C=O) groups is 2. The predicted molar refractivity (Wildman–Crippen MR) is 128 cm³/mol. The van der Waals surface area contributed by atoms with E-state index in [1.54, 1.807) is 6.92 Å². The molecule has 0 radical (unpaired) electrons. The van der Waals surface area contributed by atoms with Crippen molar-refractivity contribution in [2.75, 3.05) is 32.8 Å². The van der Waals surface area contributed by atoms with Crippen LogP contribution in [0.5, 0.6) is 11.5 Å². The van der Waals surface area contributed by atoms with Crippen molar-refractivity contribution in [1.82, 2.24) is 0 Å². The lowest BCUT2D eigenvalue weighted by Gasteiger charge is -2.44. The molecular formula is C26H27F6NO7. The van der Waals surface area contributed by atoms with Crippen LogP contribution in [0, 0.1) is 0 Å². The molecule has 0 unspecified atom stereocenters. The number of amides is 1. The summed E-state index contributed by atoms with van der Waals surface area (Å²) in [4.78, 5) is 27.2. The highest BCUT2D eigenvalue weighted by molar-refractivity contribution is 5.92. The molecule has 3 rings (SSSR count). The van der Waals surface area contributed by atoms with E-state index in [0.717, 1.165) is 7.11 Å². The summed E-state index contributed by atoms with van der Waals surface area (Å²) < 4.78 is 103. The summed E-state index contributed by atoms with van der Waals surface area (Å²) in [6.45, 7) is 3.06. The number of halogens is 6. The summed E-state index contributed by atoms with van der Waals surface area (Å²) in [5.74, 6) is -2.86. The maximum absolute atomic E-state index is 13.7. The molecule has 0 fully saturated rings. The van der Waals surface area contributed by atoms with Gasteiger partial charge in [-0.15, -0.1) is 0 Å². The van der Waals surface area contributed by atoms with Crippen LogP contribution in [0.2, 0.25) is 0 Å². The van der Waals surface area contributed by atoms with E-state index in [9.17, 15) is 41.0 Å². The van der Waals surface area contributed by atoms with Crippen LogP contribution < -0.4 is 14.4 Å². The van der Waals surface area contributed by atoms with Gasteiger partial charge in [0.05, 0.1) is 44.8 Å². The monoisotopic (exact) mass is 579 g/mol. The summed E-state index contributed by atoms with van der Waals surface area (Å²) in [6.07, 6.45) is -11.6. The van der Waals surface area contributed by atoms with Gasteiger partial charge in [-0.2, -0.15) is 26.3 Å². The first-order valence-electron chi connectivity index (χ1n) is 11.9. The molecule has 220 valence electrons. The SMILES string of the molecule is CCOC(=O)N1c2cc(OC)c(OC)cc2[C@@H]([C@](O)(C(=O)OC)c2cc(C(F)(F)F)cc(C(F)(F)F)c2)C[C@H]1C. The Labute approximate surface area is 225 Å². The highest BCUT2D eigenvalue weighted by Crippen LogP contribution is 2.52. The highest BCUT2D eigenvalue weighted by atomic mass is 19.4. The van der Waals surface area contributed by atoms with Gasteiger partial charge in [0.15, 0.2) is 17.1 Å². The van der Waals surface area contributed by atoms with E-state index in [0.29, 0.717) is 0 Å². The van der Waals surface area contributed by atoms with Crippen molar-refractivity contribution in [3.05, 3.63) is 52.6 Å². The number of ether oxygens (including phenoxy) is 4. The number of carbonyl (C=O) groups excluding carboxylic acids is 2. The molecule has 0 aromatic heterocycles. The van der Waals surface area contributed by atoms with Gasteiger partial charge in [0.25, 0.3) is 0 Å². The van der Waals surface area contributed by atoms with Gasteiger partial charge in [0.1, 0.15) is 0 Å². The number of esters is 1. The molecule has 1 aliphatic heterocycles. The molecule has 0 aliphatic carbocycles. The standard InChI is InChI=1S/C26H27F6NO7/c1-6-40-23(35)33-13(2)7-18(17-11-20(37-3)21(38-4)12-19(17)33)24(36,22(34)39-5)14-8-15(25(27,28)29)10-16(9-14)26(30,31)32/h8-13,18,36H,6-7H2,1-5H3/t13-,18+,24+/m1/s1. The Bertz CT molecular complexity index is 1250. The third-order valence-electron chi connectivity index (χ3n) is 6.68. The topological polar surface area (TPSA) is 94.5 Å². The fraction of sp³-hybridized carbons (Fsp3) is 0.462. The number of rotatable bonds is 6. The minimum atomic E-state index is -5.25. The molecule has 14 heteroatoms. The summed E-state index contributed by atoms with van der Waals surface area (Å²) in [5.41, 5.74) is -7.51. The van der Waals surface area contributed by atoms with Crippen LogP contribution in [0.25, 0.3) is 0 Å². The number of hydrogen-bond donors (Lipinski definition) is 1. The van der Waals surface area contributed by atoms with Gasteiger partial charge in [-0.05, 0) is 55.7 Å². The third kappa shape index (κ3) is 5.49. The Balaban J connectivity index is 2.41. The molecule has 0 spiro atoms. The van der Waals surface area contributed by atoms with E-state index in [1.807, 2.05) is 0 Å². The Morgan fingerprint density at radius 3 is 1.85 bits per heavy atom. The highest BCUT2D eigenvalue weighted by Gasteiger charge is 2.53. The number of benzene rings is 2. The second-order valence-electron chi connectivity index (χ2n) is 9.02. The largest absolute Gasteiger partial charge is 0.493 e. The van der Waals surface area contributed by atoms with Gasteiger partial charge in [0, 0.05) is 18.0 Å². The van der Waals surface area contributed by atoms with E-state index in [-0.39, 0.29) is 54.0 Å². The molecule has 8 nitrogen and oxygen atoms in total. The lowest BCUT2D eigenvalue weighted by atomic mass is 9.71. The number of anilines is 1. The van der Waals surface area contributed by atoms with Crippen molar-refractivity contribution in [1.29, 1.82) is 0 Å². The van der Waals surface area contributed by atoms with Gasteiger partial charge in [0.2, 0.25) is 0 Å². The van der Waals surface area contributed by atoms with E-state index in [2.05, 4.69) is 0 Å². The molecule has 3 atom stereocenters. The fourth-order valence-corrected chi connectivity index (χ4v) is 4.84. The molecule has 2 aromatic rings. The summed E-state index contributed by atoms with van der Waals surface area (Å²) in [7, 11) is 3.40. The number of aliphatic hydroxyl groups is 1. The van der Waals surface area contributed by atoms with Gasteiger partial charge in [-0.1, -0.05) is 0 Å². The summed E-state index contributed by atoms with van der Waals surface area (Å²) >= 11 is 0. The molecule has 0 bridgehead atoms. The first-order chi connectivity index (χ1) is 18.5. The number of fused-ring (bicyclic) bond motifs is 1. The van der Waals surface area contributed by atoms with Gasteiger partial charge >= 0.3 is 24.4 Å². The Hall–Kier alpha value is -3.68. The number of hydrogen-bond acceptors (Lipinski definition) is 7. The minimum Gasteiger partial charge on any atom is -0.493 e. The average Bonchev–Trinajstić information content (AvgIpc) is 2.89. The van der Waals surface area contributed by atoms with E-state index < -0.39 is 58.7 Å². The van der Waals surface area contributed by atoms with Gasteiger partial charge in [-0.3, -0.25) is 4.90 Å². The predicted octanol–water partition coefficient (Wildman–Crippen LogP) is 5.64. The average molecular weight is 579 g/mol. The minimum absolute atomic E-state index is 0.00927. The van der Waals surface area contributed by atoms with Crippen LogP contribution >= 0.6 is 0 Å². The Morgan fingerprint density at radius 1 is 0.900 bits per heavy atom. The molecule has 1 amide bonds. The molecule has 1 aliphatic rings. The quantitative estimate of drug-likeness (QED) is 0.350. The maximum atomic E-state index is 13.7. The van der Waals surface area contributed by atoms with Crippen molar-refractivity contribution in [3.63, 3.8) is 0 Å². The van der Waals surface area contributed by atoms with Crippen LogP contribution in [0.1, 0.15) is 48.4 Å². The van der Waals surface area contributed by atoms with Gasteiger partial charge in [-0.25, -0.2) is 9.59 Å². The van der Waals surface area contributed by atoms with Crippen molar-refractivity contribution in [2.24, 2.45) is 0 Å². The van der Waals surface area contributed by atoms with Crippen LogP contribution in [0.3, 0.4) is 0 Å². The Morgan fingerprint density at radius 2 is 1.40 bits per heavy atom. The molecular weight excluding hydrogens is 552 g/mol. The number of alkyl halides is 6. The molecule has 1 N–H and O–H groups in total. The molecule has 2 aromatic carbocycles. The maximum Gasteiger partial charge on any atom is 0.416 e. The van der Waals surface area contributed by atoms with Crippen molar-refractivity contribution in [2.45, 2.75) is 50.2 Å². The number of methoxy groups -OCH3 is 3. The van der Waals surface area contributed by atoms with Crippen LogP contribution in [-0.4, -0.2) is 51.1 Å². The zero-order chi connectivity index (χ0) is 30.2. The fourth-order valence-electron chi connectivity index (χ4n) is 4.84. The van der Waals surface area contributed by atoms with E-state index in [1.165, 1.54) is 38.2 Å². The number of nitrogens with zero attached hydrogens (tertiary/aromatic N) is 1. The Kier molecular flexibility index (Phi) is 8.53. The van der Waals surface area contributed by atoms with Crippen molar-refractivity contribution in [3.8, 4) is 11.5 Å². The lowest BCUT2D eigenvalue weighted by molar-refractivity contribution is -0.168. The first kappa shape index (κ1) is 30.9. The normalized spacial score (nSPS) is 18.9. The lowest BCUT2D eigenvalue weighted by Crippen LogP contribution is -2.50. The van der Waals surface area contributed by atoms with E-state index >= 15 is 0 Å².